The third-order valence-corrected chi connectivity index (χ3v) is 4.66. The van der Waals surface area contributed by atoms with E-state index in [0.29, 0.717) is 0 Å². The number of nitrogens with one attached hydrogen (secondary N) is 2. The van der Waals surface area contributed by atoms with E-state index < -0.39 is 0 Å². The summed E-state index contributed by atoms with van der Waals surface area (Å²) in [5, 5.41) is 7.25. The van der Waals surface area contributed by atoms with E-state index in [-0.39, 0.29) is 0 Å². The molecule has 2 rings (SSSR count). The van der Waals surface area contributed by atoms with Gasteiger partial charge in [-0.25, -0.2) is 0 Å². The summed E-state index contributed by atoms with van der Waals surface area (Å²) in [5.41, 5.74) is 0. The zero-order valence-corrected chi connectivity index (χ0v) is 10.5. The highest BCUT2D eigenvalue weighted by molar-refractivity contribution is 7.99. The average Bonchev–Trinajstić information content (AvgIpc) is 2.56. The van der Waals surface area contributed by atoms with Crippen molar-refractivity contribution in [1.29, 1.82) is 0 Å². The number of hydrogen-bond donors (Lipinski definition) is 2. The molecule has 0 aliphatic carbocycles. The Bertz CT molecular complexity index is 161. The van der Waals surface area contributed by atoms with Crippen molar-refractivity contribution in [2.24, 2.45) is 5.92 Å². The van der Waals surface area contributed by atoms with Gasteiger partial charge in [-0.15, -0.1) is 0 Å². The van der Waals surface area contributed by atoms with Gasteiger partial charge in [-0.3, -0.25) is 0 Å². The molecule has 0 bridgehead atoms. The van der Waals surface area contributed by atoms with E-state index in [1.165, 1.54) is 63.2 Å². The second-order valence-electron chi connectivity index (χ2n) is 4.84. The Morgan fingerprint density at radius 3 is 2.80 bits per heavy atom. The minimum atomic E-state index is 0.787. The molecular formula is C12H24N2S. The van der Waals surface area contributed by atoms with Gasteiger partial charge in [0.1, 0.15) is 0 Å². The van der Waals surface area contributed by atoms with Crippen molar-refractivity contribution in [3.8, 4) is 0 Å². The van der Waals surface area contributed by atoms with E-state index in [1.54, 1.807) is 0 Å². The highest BCUT2D eigenvalue weighted by Crippen LogP contribution is 2.22. The first-order valence-corrected chi connectivity index (χ1v) is 7.62. The van der Waals surface area contributed by atoms with E-state index in [9.17, 15) is 0 Å². The van der Waals surface area contributed by atoms with Gasteiger partial charge in [-0.1, -0.05) is 0 Å². The lowest BCUT2D eigenvalue weighted by atomic mass is 10.0. The van der Waals surface area contributed by atoms with Crippen molar-refractivity contribution in [1.82, 2.24) is 10.6 Å². The lowest BCUT2D eigenvalue weighted by Gasteiger charge is -2.24. The first-order valence-electron chi connectivity index (χ1n) is 6.47. The van der Waals surface area contributed by atoms with Crippen LogP contribution in [0.3, 0.4) is 0 Å². The standard InChI is InChI=1S/C12H24N2S/c1-2-12(3-7-13-6-1)14-10-11-4-8-15-9-5-11/h11-14H,1-10H2. The second kappa shape index (κ2) is 6.77. The topological polar surface area (TPSA) is 24.1 Å². The summed E-state index contributed by atoms with van der Waals surface area (Å²) < 4.78 is 0. The van der Waals surface area contributed by atoms with Crippen LogP contribution in [0, 0.1) is 5.92 Å². The first kappa shape index (κ1) is 11.7. The molecule has 0 aromatic carbocycles. The van der Waals surface area contributed by atoms with Crippen molar-refractivity contribution < 1.29 is 0 Å². The summed E-state index contributed by atoms with van der Waals surface area (Å²) in [6.07, 6.45) is 6.90. The Balaban J connectivity index is 1.62. The van der Waals surface area contributed by atoms with Crippen LogP contribution in [0.25, 0.3) is 0 Å². The van der Waals surface area contributed by atoms with Gasteiger partial charge in [0.25, 0.3) is 0 Å². The van der Waals surface area contributed by atoms with Gasteiger partial charge in [-0.2, -0.15) is 11.8 Å². The summed E-state index contributed by atoms with van der Waals surface area (Å²) >= 11 is 2.13. The van der Waals surface area contributed by atoms with Crippen LogP contribution in [-0.4, -0.2) is 37.2 Å². The number of rotatable bonds is 3. The summed E-state index contributed by atoms with van der Waals surface area (Å²) in [6, 6.07) is 0.787. The molecule has 15 heavy (non-hydrogen) atoms. The summed E-state index contributed by atoms with van der Waals surface area (Å²) in [4.78, 5) is 0. The third-order valence-electron chi connectivity index (χ3n) is 3.61. The normalized spacial score (nSPS) is 30.0. The smallest absolute Gasteiger partial charge is 0.00797 e. The quantitative estimate of drug-likeness (QED) is 0.771. The van der Waals surface area contributed by atoms with Crippen LogP contribution in [0.15, 0.2) is 0 Å². The zero-order valence-electron chi connectivity index (χ0n) is 9.63. The lowest BCUT2D eigenvalue weighted by molar-refractivity contribution is 0.388. The van der Waals surface area contributed by atoms with E-state index >= 15 is 0 Å². The lowest BCUT2D eigenvalue weighted by Crippen LogP contribution is -2.35. The highest BCUT2D eigenvalue weighted by Gasteiger charge is 2.16. The largest absolute Gasteiger partial charge is 0.317 e. The second-order valence-corrected chi connectivity index (χ2v) is 6.07. The zero-order chi connectivity index (χ0) is 10.3. The Hall–Kier alpha value is 0.270. The van der Waals surface area contributed by atoms with Gasteiger partial charge in [-0.05, 0) is 69.2 Å². The van der Waals surface area contributed by atoms with Gasteiger partial charge < -0.3 is 10.6 Å². The van der Waals surface area contributed by atoms with Crippen LogP contribution in [0.4, 0.5) is 0 Å². The van der Waals surface area contributed by atoms with Crippen LogP contribution < -0.4 is 10.6 Å². The molecule has 2 fully saturated rings. The Kier molecular flexibility index (Phi) is 5.30. The molecule has 2 heterocycles. The molecule has 2 N–H and O–H groups in total. The molecule has 2 nitrogen and oxygen atoms in total. The van der Waals surface area contributed by atoms with E-state index in [4.69, 9.17) is 0 Å². The Morgan fingerprint density at radius 2 is 1.93 bits per heavy atom. The predicted octanol–water partition coefficient (Wildman–Crippen LogP) is 1.86. The van der Waals surface area contributed by atoms with Crippen molar-refractivity contribution in [3.05, 3.63) is 0 Å². The fourth-order valence-electron chi connectivity index (χ4n) is 2.51. The van der Waals surface area contributed by atoms with E-state index in [2.05, 4.69) is 22.4 Å². The SMILES string of the molecule is C1CNCCC(NCC2CCSCC2)C1. The van der Waals surface area contributed by atoms with E-state index in [0.717, 1.165) is 12.0 Å². The molecule has 0 radical (unpaired) electrons. The van der Waals surface area contributed by atoms with Crippen LogP contribution in [0.2, 0.25) is 0 Å². The van der Waals surface area contributed by atoms with Gasteiger partial charge in [0, 0.05) is 6.04 Å². The minimum Gasteiger partial charge on any atom is -0.317 e. The van der Waals surface area contributed by atoms with Gasteiger partial charge in [0.2, 0.25) is 0 Å². The van der Waals surface area contributed by atoms with Gasteiger partial charge in [0.05, 0.1) is 0 Å². The molecule has 88 valence electrons. The van der Waals surface area contributed by atoms with Crippen LogP contribution in [-0.2, 0) is 0 Å². The average molecular weight is 228 g/mol. The molecule has 0 amide bonds. The maximum Gasteiger partial charge on any atom is 0.00797 e. The third kappa shape index (κ3) is 4.33. The van der Waals surface area contributed by atoms with Crippen LogP contribution in [0.5, 0.6) is 0 Å². The fourth-order valence-corrected chi connectivity index (χ4v) is 3.71. The van der Waals surface area contributed by atoms with Gasteiger partial charge >= 0.3 is 0 Å². The molecule has 3 heteroatoms. The maximum atomic E-state index is 3.78. The monoisotopic (exact) mass is 228 g/mol. The number of hydrogen-bond acceptors (Lipinski definition) is 3. The summed E-state index contributed by atoms with van der Waals surface area (Å²) in [7, 11) is 0. The van der Waals surface area contributed by atoms with Crippen molar-refractivity contribution in [2.75, 3.05) is 31.1 Å². The molecule has 1 unspecified atom stereocenters. The first-order chi connectivity index (χ1) is 7.45. The fraction of sp³-hybridized carbons (Fsp3) is 1.00. The molecule has 0 aromatic rings. The molecule has 2 aliphatic heterocycles. The molecule has 2 saturated heterocycles. The molecular weight excluding hydrogens is 204 g/mol. The summed E-state index contributed by atoms with van der Waals surface area (Å²) in [6.45, 7) is 3.70. The van der Waals surface area contributed by atoms with Crippen LogP contribution >= 0.6 is 11.8 Å². The Morgan fingerprint density at radius 1 is 1.07 bits per heavy atom. The minimum absolute atomic E-state index is 0.787. The predicted molar refractivity (Wildman–Crippen MR) is 68.6 cm³/mol. The maximum absolute atomic E-state index is 3.78. The van der Waals surface area contributed by atoms with E-state index in [1.807, 2.05) is 0 Å². The molecule has 1 atom stereocenters. The van der Waals surface area contributed by atoms with Crippen molar-refractivity contribution in [3.63, 3.8) is 0 Å². The Labute approximate surface area is 98.0 Å². The molecule has 0 saturated carbocycles. The number of thioether (sulfide) groups is 1. The molecule has 0 aromatic heterocycles. The van der Waals surface area contributed by atoms with Crippen LogP contribution in [0.1, 0.15) is 32.1 Å². The summed E-state index contributed by atoms with van der Waals surface area (Å²) in [5.74, 6) is 3.74. The molecule has 2 aliphatic rings. The molecule has 0 spiro atoms. The van der Waals surface area contributed by atoms with Crippen molar-refractivity contribution >= 4 is 11.8 Å². The van der Waals surface area contributed by atoms with Crippen molar-refractivity contribution in [2.45, 2.75) is 38.1 Å². The highest BCUT2D eigenvalue weighted by atomic mass is 32.2. The van der Waals surface area contributed by atoms with Gasteiger partial charge in [0.15, 0.2) is 0 Å².